The van der Waals surface area contributed by atoms with Gasteiger partial charge in [0, 0.05) is 0 Å². The minimum Gasteiger partial charge on any atom is -0.0985 e. The SMILES string of the molecule is C=Cc1ccccc1.C=Cc1ccccc1.CC=C1CC1. The van der Waals surface area contributed by atoms with Crippen molar-refractivity contribution in [1.29, 1.82) is 0 Å². The molecule has 1 aliphatic carbocycles. The lowest BCUT2D eigenvalue weighted by Gasteiger charge is -1.85. The first-order valence-corrected chi connectivity index (χ1v) is 7.29. The summed E-state index contributed by atoms with van der Waals surface area (Å²) in [5.41, 5.74) is 3.98. The quantitative estimate of drug-likeness (QED) is 0.558. The highest BCUT2D eigenvalue weighted by molar-refractivity contribution is 5.46. The van der Waals surface area contributed by atoms with Crippen LogP contribution < -0.4 is 0 Å². The van der Waals surface area contributed by atoms with Gasteiger partial charge >= 0.3 is 0 Å². The van der Waals surface area contributed by atoms with Crippen LogP contribution in [-0.4, -0.2) is 0 Å². The van der Waals surface area contributed by atoms with Gasteiger partial charge in [-0.15, -0.1) is 0 Å². The molecule has 1 saturated carbocycles. The summed E-state index contributed by atoms with van der Waals surface area (Å²) >= 11 is 0. The third-order valence-corrected chi connectivity index (χ3v) is 3.02. The first-order chi connectivity index (χ1) is 10.3. The molecule has 0 amide bonds. The molecule has 3 rings (SSSR count). The summed E-state index contributed by atoms with van der Waals surface area (Å²) in [4.78, 5) is 0. The standard InChI is InChI=1S/2C8H8.C5H8/c2*1-2-8-6-4-3-5-7-8;1-2-5-3-4-5/h2*2-7H,1H2;2H,3-4H2,1H3. The third kappa shape index (κ3) is 8.43. The van der Waals surface area contributed by atoms with Gasteiger partial charge in [0.25, 0.3) is 0 Å². The fraction of sp³-hybridized carbons (Fsp3) is 0.143. The van der Waals surface area contributed by atoms with E-state index in [0.717, 1.165) is 0 Å². The van der Waals surface area contributed by atoms with Crippen molar-refractivity contribution in [3.05, 3.63) is 96.6 Å². The van der Waals surface area contributed by atoms with Crippen LogP contribution in [0.1, 0.15) is 30.9 Å². The van der Waals surface area contributed by atoms with Gasteiger partial charge in [-0.2, -0.15) is 0 Å². The predicted molar refractivity (Wildman–Crippen MR) is 96.1 cm³/mol. The van der Waals surface area contributed by atoms with E-state index in [1.54, 1.807) is 5.57 Å². The lowest BCUT2D eigenvalue weighted by Crippen LogP contribution is -1.63. The van der Waals surface area contributed by atoms with Crippen LogP contribution in [0.15, 0.2) is 85.5 Å². The number of rotatable bonds is 2. The van der Waals surface area contributed by atoms with Crippen LogP contribution in [0.25, 0.3) is 12.2 Å². The largest absolute Gasteiger partial charge is 0.0985 e. The molecule has 0 nitrogen and oxygen atoms in total. The van der Waals surface area contributed by atoms with Crippen LogP contribution in [0.4, 0.5) is 0 Å². The van der Waals surface area contributed by atoms with Crippen molar-refractivity contribution >= 4 is 12.2 Å². The highest BCUT2D eigenvalue weighted by Gasteiger charge is 2.06. The maximum atomic E-state index is 3.63. The van der Waals surface area contributed by atoms with Crippen LogP contribution in [0.3, 0.4) is 0 Å². The molecule has 108 valence electrons. The van der Waals surface area contributed by atoms with Crippen molar-refractivity contribution < 1.29 is 0 Å². The van der Waals surface area contributed by atoms with E-state index in [2.05, 4.69) is 26.2 Å². The molecule has 0 unspecified atom stereocenters. The molecule has 0 N–H and O–H groups in total. The Kier molecular flexibility index (Phi) is 8.32. The van der Waals surface area contributed by atoms with Gasteiger partial charge in [0.05, 0.1) is 0 Å². The van der Waals surface area contributed by atoms with E-state index >= 15 is 0 Å². The van der Waals surface area contributed by atoms with E-state index in [4.69, 9.17) is 0 Å². The van der Waals surface area contributed by atoms with E-state index < -0.39 is 0 Å². The molecular weight excluding hydrogens is 252 g/mol. The Hall–Kier alpha value is -2.34. The minimum atomic E-state index is 1.17. The number of allylic oxidation sites excluding steroid dienone is 2. The van der Waals surface area contributed by atoms with Crippen LogP contribution in [0.5, 0.6) is 0 Å². The van der Waals surface area contributed by atoms with E-state index in [1.807, 2.05) is 72.8 Å². The lowest BCUT2D eigenvalue weighted by atomic mass is 10.2. The summed E-state index contributed by atoms with van der Waals surface area (Å²) in [5.74, 6) is 0. The fourth-order valence-corrected chi connectivity index (χ4v) is 1.54. The van der Waals surface area contributed by atoms with Crippen molar-refractivity contribution in [3.8, 4) is 0 Å². The second kappa shape index (κ2) is 10.4. The zero-order valence-electron chi connectivity index (χ0n) is 12.8. The van der Waals surface area contributed by atoms with Crippen molar-refractivity contribution in [2.45, 2.75) is 19.8 Å². The second-order valence-electron chi connectivity index (χ2n) is 4.68. The molecule has 0 atom stereocenters. The van der Waals surface area contributed by atoms with Crippen molar-refractivity contribution in [3.63, 3.8) is 0 Å². The van der Waals surface area contributed by atoms with E-state index in [0.29, 0.717) is 0 Å². The summed E-state index contributed by atoms with van der Waals surface area (Å²) in [7, 11) is 0. The molecule has 0 radical (unpaired) electrons. The highest BCUT2D eigenvalue weighted by Crippen LogP contribution is 2.26. The van der Waals surface area contributed by atoms with Crippen LogP contribution >= 0.6 is 0 Å². The average molecular weight is 276 g/mol. The molecule has 1 fully saturated rings. The fourth-order valence-electron chi connectivity index (χ4n) is 1.54. The van der Waals surface area contributed by atoms with E-state index in [-0.39, 0.29) is 0 Å². The monoisotopic (exact) mass is 276 g/mol. The molecular formula is C21H24. The van der Waals surface area contributed by atoms with Crippen LogP contribution in [-0.2, 0) is 0 Å². The summed E-state index contributed by atoms with van der Waals surface area (Å²) in [6.45, 7) is 9.36. The molecule has 2 aromatic rings. The van der Waals surface area contributed by atoms with Gasteiger partial charge in [0.1, 0.15) is 0 Å². The molecule has 0 heteroatoms. The van der Waals surface area contributed by atoms with Gasteiger partial charge in [-0.1, -0.05) is 97.6 Å². The molecule has 21 heavy (non-hydrogen) atoms. The predicted octanol–water partition coefficient (Wildman–Crippen LogP) is 6.39. The zero-order valence-corrected chi connectivity index (χ0v) is 12.8. The normalized spacial score (nSPS) is 11.0. The number of hydrogen-bond acceptors (Lipinski definition) is 0. The first kappa shape index (κ1) is 16.7. The van der Waals surface area contributed by atoms with Crippen molar-refractivity contribution in [1.82, 2.24) is 0 Å². The second-order valence-corrected chi connectivity index (χ2v) is 4.68. The maximum Gasteiger partial charge on any atom is -0.0263 e. The lowest BCUT2D eigenvalue weighted by molar-refractivity contribution is 1.50. The van der Waals surface area contributed by atoms with Gasteiger partial charge in [0.2, 0.25) is 0 Å². The molecule has 1 aliphatic rings. The van der Waals surface area contributed by atoms with Crippen LogP contribution in [0.2, 0.25) is 0 Å². The third-order valence-electron chi connectivity index (χ3n) is 3.02. The highest BCUT2D eigenvalue weighted by atomic mass is 14.1. The average Bonchev–Trinajstić information content (AvgIpc) is 3.42. The summed E-state index contributed by atoms with van der Waals surface area (Å²) in [6, 6.07) is 20.1. The van der Waals surface area contributed by atoms with Gasteiger partial charge in [0.15, 0.2) is 0 Å². The van der Waals surface area contributed by atoms with Gasteiger partial charge < -0.3 is 0 Å². The minimum absolute atomic E-state index is 1.17. The van der Waals surface area contributed by atoms with Crippen molar-refractivity contribution in [2.75, 3.05) is 0 Å². The number of hydrogen-bond donors (Lipinski definition) is 0. The zero-order chi connectivity index (χ0) is 15.3. The van der Waals surface area contributed by atoms with Crippen molar-refractivity contribution in [2.24, 2.45) is 0 Å². The summed E-state index contributed by atoms with van der Waals surface area (Å²) in [6.07, 6.45) is 8.60. The topological polar surface area (TPSA) is 0 Å². The Morgan fingerprint density at radius 2 is 1.10 bits per heavy atom. The smallest absolute Gasteiger partial charge is 0.0263 e. The van der Waals surface area contributed by atoms with Gasteiger partial charge in [-0.05, 0) is 30.9 Å². The van der Waals surface area contributed by atoms with E-state index in [1.165, 1.54) is 24.0 Å². The Bertz CT molecular complexity index is 498. The summed E-state index contributed by atoms with van der Waals surface area (Å²) < 4.78 is 0. The molecule has 2 aromatic carbocycles. The number of benzene rings is 2. The Morgan fingerprint density at radius 1 is 0.714 bits per heavy atom. The van der Waals surface area contributed by atoms with Gasteiger partial charge in [-0.3, -0.25) is 0 Å². The molecule has 0 aliphatic heterocycles. The van der Waals surface area contributed by atoms with Crippen LogP contribution in [0, 0.1) is 0 Å². The molecule has 0 saturated heterocycles. The Balaban J connectivity index is 0.000000162. The molecule has 0 spiro atoms. The Morgan fingerprint density at radius 3 is 1.24 bits per heavy atom. The maximum absolute atomic E-state index is 3.63. The van der Waals surface area contributed by atoms with Gasteiger partial charge in [-0.25, -0.2) is 0 Å². The van der Waals surface area contributed by atoms with E-state index in [9.17, 15) is 0 Å². The molecule has 0 bridgehead atoms. The molecule has 0 aromatic heterocycles. The first-order valence-electron chi connectivity index (χ1n) is 7.29. The molecule has 0 heterocycles. The summed E-state index contributed by atoms with van der Waals surface area (Å²) in [5, 5.41) is 0. The Labute approximate surface area is 129 Å².